The molecular formula is C49H27N3S. The summed E-state index contributed by atoms with van der Waals surface area (Å²) >= 11 is 1.79. The van der Waals surface area contributed by atoms with E-state index in [9.17, 15) is 0 Å². The Labute approximate surface area is 307 Å². The monoisotopic (exact) mass is 689 g/mol. The standard InChI is InChI=1S/C49H27N3S/c1-2-10-31(11-3-1)47-50-48(52-49(51-47)39-20-9-19-38-34-15-4-5-21-41(34)53-46(38)39)33-26-32-25-24-30-13-7-17-36-35-16-6-12-28-22-23-29-14-8-18-37(44(29)42(28)35)40(27-33)45(32)43(30)36/h1-27H. The summed E-state index contributed by atoms with van der Waals surface area (Å²) in [5.74, 6) is 2.00. The van der Waals surface area contributed by atoms with Crippen LogP contribution in [0.5, 0.6) is 0 Å². The Kier molecular flexibility index (Phi) is 5.93. The van der Waals surface area contributed by atoms with Gasteiger partial charge in [-0.2, -0.15) is 0 Å². The van der Waals surface area contributed by atoms with Crippen molar-refractivity contribution in [2.75, 3.05) is 0 Å². The van der Waals surface area contributed by atoms with E-state index in [0.29, 0.717) is 17.5 Å². The molecule has 244 valence electrons. The van der Waals surface area contributed by atoms with E-state index in [2.05, 4.69) is 146 Å². The van der Waals surface area contributed by atoms with Crippen molar-refractivity contribution in [3.63, 3.8) is 0 Å². The minimum atomic E-state index is 0.659. The summed E-state index contributed by atoms with van der Waals surface area (Å²) in [5.41, 5.74) is 2.94. The zero-order chi connectivity index (χ0) is 34.6. The summed E-state index contributed by atoms with van der Waals surface area (Å²) in [6, 6.07) is 59.2. The van der Waals surface area contributed by atoms with Gasteiger partial charge in [0.15, 0.2) is 17.5 Å². The number of hydrogen-bond donors (Lipinski definition) is 0. The van der Waals surface area contributed by atoms with Crippen LogP contribution >= 0.6 is 11.3 Å². The fourth-order valence-corrected chi connectivity index (χ4v) is 9.89. The Morgan fingerprint density at radius 1 is 0.321 bits per heavy atom. The molecule has 0 saturated heterocycles. The Morgan fingerprint density at radius 3 is 1.53 bits per heavy atom. The predicted octanol–water partition coefficient (Wildman–Crippen LogP) is 13.6. The molecule has 12 rings (SSSR count). The molecule has 0 spiro atoms. The molecular weight excluding hydrogens is 663 g/mol. The molecule has 0 aliphatic rings. The molecule has 2 aromatic heterocycles. The molecule has 2 heterocycles. The molecule has 53 heavy (non-hydrogen) atoms. The highest BCUT2D eigenvalue weighted by atomic mass is 32.1. The number of rotatable bonds is 3. The summed E-state index contributed by atoms with van der Waals surface area (Å²) in [4.78, 5) is 15.7. The molecule has 0 fully saturated rings. The smallest absolute Gasteiger partial charge is 0.165 e. The lowest BCUT2D eigenvalue weighted by Gasteiger charge is -2.17. The van der Waals surface area contributed by atoms with Gasteiger partial charge >= 0.3 is 0 Å². The molecule has 0 bridgehead atoms. The minimum absolute atomic E-state index is 0.659. The highest BCUT2D eigenvalue weighted by Gasteiger charge is 2.20. The van der Waals surface area contributed by atoms with Crippen molar-refractivity contribution in [2.45, 2.75) is 0 Å². The lowest BCUT2D eigenvalue weighted by molar-refractivity contribution is 1.08. The van der Waals surface area contributed by atoms with Gasteiger partial charge in [-0.1, -0.05) is 140 Å². The van der Waals surface area contributed by atoms with Crippen LogP contribution in [0.15, 0.2) is 164 Å². The number of aromatic nitrogens is 3. The quantitative estimate of drug-likeness (QED) is 0.173. The van der Waals surface area contributed by atoms with Crippen LogP contribution in [0.2, 0.25) is 0 Å². The predicted molar refractivity (Wildman–Crippen MR) is 225 cm³/mol. The highest BCUT2D eigenvalue weighted by molar-refractivity contribution is 7.26. The molecule has 4 heteroatoms. The summed E-state index contributed by atoms with van der Waals surface area (Å²) < 4.78 is 2.44. The third kappa shape index (κ3) is 4.18. The number of thiophene rings is 1. The molecule has 10 aromatic carbocycles. The van der Waals surface area contributed by atoms with Crippen molar-refractivity contribution in [1.29, 1.82) is 0 Å². The Balaban J connectivity index is 1.22. The second-order valence-electron chi connectivity index (χ2n) is 13.9. The zero-order valence-corrected chi connectivity index (χ0v) is 29.2. The minimum Gasteiger partial charge on any atom is -0.208 e. The van der Waals surface area contributed by atoms with Crippen LogP contribution in [0.1, 0.15) is 0 Å². The maximum Gasteiger partial charge on any atom is 0.165 e. The third-order valence-electron chi connectivity index (χ3n) is 11.0. The fourth-order valence-electron chi connectivity index (χ4n) is 8.68. The Bertz CT molecular complexity index is 3450. The van der Waals surface area contributed by atoms with Gasteiger partial charge in [-0.25, -0.2) is 15.0 Å². The lowest BCUT2D eigenvalue weighted by atomic mass is 9.87. The van der Waals surface area contributed by atoms with Crippen molar-refractivity contribution in [2.24, 2.45) is 0 Å². The molecule has 12 aromatic rings. The average molecular weight is 690 g/mol. The second kappa shape index (κ2) is 10.9. The van der Waals surface area contributed by atoms with Gasteiger partial charge < -0.3 is 0 Å². The first kappa shape index (κ1) is 28.9. The molecule has 0 aliphatic heterocycles. The maximum atomic E-state index is 5.33. The van der Waals surface area contributed by atoms with E-state index in [1.165, 1.54) is 79.4 Å². The first-order chi connectivity index (χ1) is 26.3. The van der Waals surface area contributed by atoms with Crippen molar-refractivity contribution in [3.8, 4) is 34.2 Å². The fraction of sp³-hybridized carbons (Fsp3) is 0. The largest absolute Gasteiger partial charge is 0.208 e. The molecule has 0 amide bonds. The maximum absolute atomic E-state index is 5.33. The van der Waals surface area contributed by atoms with Gasteiger partial charge in [0, 0.05) is 36.9 Å². The molecule has 0 radical (unpaired) electrons. The SMILES string of the molecule is c1ccc(-c2nc(-c3cc4ccc5cccc6c7cccc8ccc9cccc(c(c3)c4c56)c9c87)nc(-c3cccc4c3sc3ccccc34)n2)cc1. The van der Waals surface area contributed by atoms with E-state index >= 15 is 0 Å². The van der Waals surface area contributed by atoms with E-state index in [-0.39, 0.29) is 0 Å². The van der Waals surface area contributed by atoms with E-state index in [1.54, 1.807) is 11.3 Å². The van der Waals surface area contributed by atoms with Gasteiger partial charge in [0.2, 0.25) is 0 Å². The van der Waals surface area contributed by atoms with Crippen molar-refractivity contribution < 1.29 is 0 Å². The van der Waals surface area contributed by atoms with Crippen LogP contribution in [0, 0.1) is 0 Å². The van der Waals surface area contributed by atoms with Gasteiger partial charge in [0.25, 0.3) is 0 Å². The van der Waals surface area contributed by atoms with Crippen molar-refractivity contribution in [3.05, 3.63) is 164 Å². The van der Waals surface area contributed by atoms with Crippen LogP contribution in [0.25, 0.3) is 119 Å². The second-order valence-corrected chi connectivity index (χ2v) is 15.0. The van der Waals surface area contributed by atoms with E-state index < -0.39 is 0 Å². The van der Waals surface area contributed by atoms with Crippen LogP contribution in [-0.2, 0) is 0 Å². The topological polar surface area (TPSA) is 38.7 Å². The zero-order valence-electron chi connectivity index (χ0n) is 28.3. The Morgan fingerprint density at radius 2 is 0.830 bits per heavy atom. The van der Waals surface area contributed by atoms with E-state index in [4.69, 9.17) is 15.0 Å². The van der Waals surface area contributed by atoms with Gasteiger partial charge in [0.05, 0.1) is 0 Å². The summed E-state index contributed by atoms with van der Waals surface area (Å²) in [7, 11) is 0. The summed E-state index contributed by atoms with van der Waals surface area (Å²) in [5, 5.41) is 17.4. The van der Waals surface area contributed by atoms with E-state index in [1.807, 2.05) is 18.2 Å². The normalized spacial score (nSPS) is 12.2. The highest BCUT2D eigenvalue weighted by Crippen LogP contribution is 2.45. The van der Waals surface area contributed by atoms with Crippen LogP contribution in [0.3, 0.4) is 0 Å². The molecule has 0 atom stereocenters. The third-order valence-corrected chi connectivity index (χ3v) is 12.2. The number of nitrogens with zero attached hydrogens (tertiary/aromatic N) is 3. The lowest BCUT2D eigenvalue weighted by Crippen LogP contribution is -2.00. The van der Waals surface area contributed by atoms with Gasteiger partial charge in [0.1, 0.15) is 0 Å². The first-order valence-corrected chi connectivity index (χ1v) is 18.8. The number of fused-ring (bicyclic) bond motifs is 5. The van der Waals surface area contributed by atoms with Crippen LogP contribution in [0.4, 0.5) is 0 Å². The average Bonchev–Trinajstić information content (AvgIpc) is 3.61. The molecule has 3 nitrogen and oxygen atoms in total. The van der Waals surface area contributed by atoms with Gasteiger partial charge in [-0.3, -0.25) is 0 Å². The summed E-state index contributed by atoms with van der Waals surface area (Å²) in [6.45, 7) is 0. The molecule has 0 saturated carbocycles. The van der Waals surface area contributed by atoms with Crippen molar-refractivity contribution in [1.82, 2.24) is 15.0 Å². The van der Waals surface area contributed by atoms with Gasteiger partial charge in [-0.05, 0) is 88.9 Å². The number of hydrogen-bond acceptors (Lipinski definition) is 4. The number of benzene rings is 9. The molecule has 0 unspecified atom stereocenters. The van der Waals surface area contributed by atoms with Gasteiger partial charge in [-0.15, -0.1) is 11.3 Å². The molecule has 0 N–H and O–H groups in total. The molecule has 0 aliphatic carbocycles. The van der Waals surface area contributed by atoms with Crippen LogP contribution in [-0.4, -0.2) is 15.0 Å². The summed E-state index contributed by atoms with van der Waals surface area (Å²) in [6.07, 6.45) is 0. The van der Waals surface area contributed by atoms with Crippen molar-refractivity contribution >= 4 is 96.1 Å². The van der Waals surface area contributed by atoms with E-state index in [0.717, 1.165) is 22.1 Å². The van der Waals surface area contributed by atoms with Crippen LogP contribution < -0.4 is 0 Å². The first-order valence-electron chi connectivity index (χ1n) is 17.9. The Hall–Kier alpha value is -6.75.